The van der Waals surface area contributed by atoms with E-state index in [2.05, 4.69) is 21.2 Å². The first-order valence-corrected chi connectivity index (χ1v) is 6.10. The molecule has 1 aromatic carbocycles. The van der Waals surface area contributed by atoms with Crippen LogP contribution in [0.25, 0.3) is 0 Å². The van der Waals surface area contributed by atoms with Crippen LogP contribution < -0.4 is 11.1 Å². The molecule has 5 heteroatoms. The number of benzene rings is 1. The Kier molecular flexibility index (Phi) is 7.43. The second-order valence-electron chi connectivity index (χ2n) is 4.03. The number of nitrogens with two attached hydrogens (primary N) is 1. The van der Waals surface area contributed by atoms with Crippen molar-refractivity contribution in [3.05, 3.63) is 28.2 Å². The van der Waals surface area contributed by atoms with Crippen LogP contribution in [0.4, 0.5) is 5.69 Å². The van der Waals surface area contributed by atoms with E-state index < -0.39 is 0 Å². The first-order valence-electron chi connectivity index (χ1n) is 5.30. The van der Waals surface area contributed by atoms with E-state index in [1.165, 1.54) is 0 Å². The Morgan fingerprint density at radius 2 is 2.18 bits per heavy atom. The number of nitrogens with one attached hydrogen (secondary N) is 1. The van der Waals surface area contributed by atoms with Gasteiger partial charge in [-0.05, 0) is 44.0 Å². The van der Waals surface area contributed by atoms with Gasteiger partial charge in [0.1, 0.15) is 0 Å². The molecule has 3 N–H and O–H groups in total. The Balaban J connectivity index is 0.00000256. The standard InChI is InChI=1S/C12H17BrN2O.ClH/c1-8-7-10(4-5-11(8)13)15-12(16)6-3-9(2)14;/h4-5,7,9H,3,6,14H2,1-2H3,(H,15,16);1H. The fourth-order valence-electron chi connectivity index (χ4n) is 1.30. The van der Waals surface area contributed by atoms with E-state index in [9.17, 15) is 4.79 Å². The second-order valence-corrected chi connectivity index (χ2v) is 4.88. The molecule has 0 bridgehead atoms. The van der Waals surface area contributed by atoms with E-state index in [1.54, 1.807) is 0 Å². The molecule has 0 spiro atoms. The summed E-state index contributed by atoms with van der Waals surface area (Å²) in [5.74, 6) is 0.0130. The van der Waals surface area contributed by atoms with Gasteiger partial charge in [-0.2, -0.15) is 0 Å². The first-order chi connectivity index (χ1) is 7.49. The zero-order chi connectivity index (χ0) is 12.1. The van der Waals surface area contributed by atoms with Crippen LogP contribution in [0.2, 0.25) is 0 Å². The van der Waals surface area contributed by atoms with Gasteiger partial charge in [-0.1, -0.05) is 15.9 Å². The molecule has 96 valence electrons. The average molecular weight is 322 g/mol. The molecule has 0 saturated carbocycles. The quantitative estimate of drug-likeness (QED) is 0.894. The van der Waals surface area contributed by atoms with Crippen LogP contribution in [0.1, 0.15) is 25.3 Å². The smallest absolute Gasteiger partial charge is 0.224 e. The molecular weight excluding hydrogens is 304 g/mol. The Labute approximate surface area is 117 Å². The SMILES string of the molecule is Cc1cc(NC(=O)CCC(C)N)ccc1Br.Cl. The zero-order valence-electron chi connectivity index (χ0n) is 10.00. The van der Waals surface area contributed by atoms with Gasteiger partial charge < -0.3 is 11.1 Å². The fourth-order valence-corrected chi connectivity index (χ4v) is 1.55. The van der Waals surface area contributed by atoms with Crippen molar-refractivity contribution >= 4 is 39.9 Å². The number of anilines is 1. The molecule has 0 fully saturated rings. The summed E-state index contributed by atoms with van der Waals surface area (Å²) in [7, 11) is 0. The van der Waals surface area contributed by atoms with Crippen molar-refractivity contribution < 1.29 is 4.79 Å². The lowest BCUT2D eigenvalue weighted by Crippen LogP contribution is -2.19. The lowest BCUT2D eigenvalue weighted by molar-refractivity contribution is -0.116. The molecule has 1 aromatic rings. The van der Waals surface area contributed by atoms with Crippen LogP contribution in [0, 0.1) is 6.92 Å². The number of carbonyl (C=O) groups excluding carboxylic acids is 1. The number of rotatable bonds is 4. The van der Waals surface area contributed by atoms with Gasteiger partial charge in [0.15, 0.2) is 0 Å². The molecule has 0 aliphatic heterocycles. The Bertz CT molecular complexity index is 383. The number of carbonyl (C=O) groups is 1. The summed E-state index contributed by atoms with van der Waals surface area (Å²) in [5, 5.41) is 2.85. The van der Waals surface area contributed by atoms with Crippen molar-refractivity contribution in [3.8, 4) is 0 Å². The van der Waals surface area contributed by atoms with Gasteiger partial charge in [0.2, 0.25) is 5.91 Å². The van der Waals surface area contributed by atoms with Crippen molar-refractivity contribution in [3.63, 3.8) is 0 Å². The highest BCUT2D eigenvalue weighted by atomic mass is 79.9. The minimum atomic E-state index is 0. The molecule has 0 heterocycles. The van der Waals surface area contributed by atoms with Crippen molar-refractivity contribution in [1.82, 2.24) is 0 Å². The van der Waals surface area contributed by atoms with Gasteiger partial charge in [0.25, 0.3) is 0 Å². The number of aryl methyl sites for hydroxylation is 1. The maximum atomic E-state index is 11.5. The van der Waals surface area contributed by atoms with Crippen LogP contribution >= 0.6 is 28.3 Å². The molecule has 17 heavy (non-hydrogen) atoms. The Morgan fingerprint density at radius 1 is 1.53 bits per heavy atom. The van der Waals surface area contributed by atoms with Crippen molar-refractivity contribution in [2.75, 3.05) is 5.32 Å². The molecule has 0 radical (unpaired) electrons. The summed E-state index contributed by atoms with van der Waals surface area (Å²) in [6, 6.07) is 5.81. The summed E-state index contributed by atoms with van der Waals surface area (Å²) in [4.78, 5) is 11.5. The van der Waals surface area contributed by atoms with Crippen LogP contribution in [0.15, 0.2) is 22.7 Å². The summed E-state index contributed by atoms with van der Waals surface area (Å²) in [6.07, 6.45) is 1.17. The molecule has 3 nitrogen and oxygen atoms in total. The van der Waals surface area contributed by atoms with E-state index in [0.29, 0.717) is 12.8 Å². The number of hydrogen-bond donors (Lipinski definition) is 2. The molecule has 1 rings (SSSR count). The van der Waals surface area contributed by atoms with Crippen LogP contribution in [-0.4, -0.2) is 11.9 Å². The Hall–Kier alpha value is -0.580. The van der Waals surface area contributed by atoms with Crippen LogP contribution in [-0.2, 0) is 4.79 Å². The molecule has 0 aliphatic rings. The third-order valence-electron chi connectivity index (χ3n) is 2.27. The predicted molar refractivity (Wildman–Crippen MR) is 77.6 cm³/mol. The third-order valence-corrected chi connectivity index (χ3v) is 3.16. The van der Waals surface area contributed by atoms with Gasteiger partial charge in [0.05, 0.1) is 0 Å². The maximum Gasteiger partial charge on any atom is 0.224 e. The number of hydrogen-bond acceptors (Lipinski definition) is 2. The summed E-state index contributed by atoms with van der Waals surface area (Å²) in [6.45, 7) is 3.89. The Morgan fingerprint density at radius 3 is 2.71 bits per heavy atom. The van der Waals surface area contributed by atoms with Gasteiger partial charge in [-0.3, -0.25) is 4.79 Å². The van der Waals surface area contributed by atoms with Gasteiger partial charge >= 0.3 is 0 Å². The summed E-state index contributed by atoms with van der Waals surface area (Å²) < 4.78 is 1.04. The van der Waals surface area contributed by atoms with E-state index in [4.69, 9.17) is 5.73 Å². The normalized spacial score (nSPS) is 11.5. The highest BCUT2D eigenvalue weighted by Crippen LogP contribution is 2.20. The molecule has 0 aromatic heterocycles. The van der Waals surface area contributed by atoms with Gasteiger partial charge in [0, 0.05) is 22.6 Å². The maximum absolute atomic E-state index is 11.5. The summed E-state index contributed by atoms with van der Waals surface area (Å²) in [5.41, 5.74) is 7.52. The van der Waals surface area contributed by atoms with Crippen molar-refractivity contribution in [1.29, 1.82) is 0 Å². The molecule has 0 saturated heterocycles. The topological polar surface area (TPSA) is 55.1 Å². The van der Waals surface area contributed by atoms with Crippen LogP contribution in [0.3, 0.4) is 0 Å². The third kappa shape index (κ3) is 6.05. The predicted octanol–water partition coefficient (Wildman–Crippen LogP) is 3.25. The van der Waals surface area contributed by atoms with E-state index in [0.717, 1.165) is 15.7 Å². The minimum absolute atomic E-state index is 0. The molecular formula is C12H18BrClN2O. The average Bonchev–Trinajstić information content (AvgIpc) is 2.21. The van der Waals surface area contributed by atoms with Crippen molar-refractivity contribution in [2.45, 2.75) is 32.7 Å². The highest BCUT2D eigenvalue weighted by molar-refractivity contribution is 9.10. The van der Waals surface area contributed by atoms with Gasteiger partial charge in [-0.25, -0.2) is 0 Å². The number of halogens is 2. The molecule has 0 aliphatic carbocycles. The van der Waals surface area contributed by atoms with E-state index >= 15 is 0 Å². The monoisotopic (exact) mass is 320 g/mol. The van der Waals surface area contributed by atoms with E-state index in [1.807, 2.05) is 32.0 Å². The highest BCUT2D eigenvalue weighted by Gasteiger charge is 2.04. The minimum Gasteiger partial charge on any atom is -0.328 e. The lowest BCUT2D eigenvalue weighted by Gasteiger charge is -2.08. The van der Waals surface area contributed by atoms with E-state index in [-0.39, 0.29) is 24.4 Å². The van der Waals surface area contributed by atoms with Crippen molar-refractivity contribution in [2.24, 2.45) is 5.73 Å². The molecule has 1 unspecified atom stereocenters. The molecule has 1 amide bonds. The molecule has 1 atom stereocenters. The summed E-state index contributed by atoms with van der Waals surface area (Å²) >= 11 is 3.42. The zero-order valence-corrected chi connectivity index (χ0v) is 12.4. The van der Waals surface area contributed by atoms with Gasteiger partial charge in [-0.15, -0.1) is 12.4 Å². The first kappa shape index (κ1) is 16.4. The second kappa shape index (κ2) is 7.69. The largest absolute Gasteiger partial charge is 0.328 e. The fraction of sp³-hybridized carbons (Fsp3) is 0.417. The number of amides is 1. The van der Waals surface area contributed by atoms with Crippen LogP contribution in [0.5, 0.6) is 0 Å². The lowest BCUT2D eigenvalue weighted by atomic mass is 10.2.